The van der Waals surface area contributed by atoms with Crippen molar-refractivity contribution in [3.8, 4) is 17.4 Å². The predicted octanol–water partition coefficient (Wildman–Crippen LogP) is 15.3. The first kappa shape index (κ1) is 37.2. The quantitative estimate of drug-likeness (QED) is 0.173. The van der Waals surface area contributed by atoms with E-state index in [1.54, 1.807) is 11.3 Å². The van der Waals surface area contributed by atoms with Gasteiger partial charge in [-0.15, -0.1) is 11.3 Å². The van der Waals surface area contributed by atoms with Gasteiger partial charge < -0.3 is 9.13 Å². The Labute approximate surface area is 341 Å². The summed E-state index contributed by atoms with van der Waals surface area (Å²) in [5.41, 5.74) is 12.6. The van der Waals surface area contributed by atoms with Crippen LogP contribution in [0.5, 0.6) is 0 Å². The molecule has 0 bridgehead atoms. The van der Waals surface area contributed by atoms with Crippen LogP contribution in [0.25, 0.3) is 75.2 Å². The van der Waals surface area contributed by atoms with E-state index in [0.29, 0.717) is 5.56 Å². The minimum atomic E-state index is -0.0137. The molecule has 3 nitrogen and oxygen atoms in total. The van der Waals surface area contributed by atoms with Crippen LogP contribution in [0.1, 0.15) is 111 Å². The summed E-state index contributed by atoms with van der Waals surface area (Å²) in [6.07, 6.45) is 0. The first-order valence-corrected chi connectivity index (χ1v) is 21.1. The molecule has 0 atom stereocenters. The van der Waals surface area contributed by atoms with Gasteiger partial charge in [0.05, 0.1) is 49.8 Å². The number of benzene rings is 6. The molecular formula is C53H53N3S. The zero-order valence-corrected chi connectivity index (χ0v) is 36.4. The van der Waals surface area contributed by atoms with Gasteiger partial charge in [-0.2, -0.15) is 5.26 Å². The average molecular weight is 764 g/mol. The summed E-state index contributed by atoms with van der Waals surface area (Å²) in [6.45, 7) is 27.5. The minimum absolute atomic E-state index is 0.0105. The molecular weight excluding hydrogens is 711 g/mol. The molecule has 0 unspecified atom stereocenters. The number of nitrogens with zero attached hydrogens (tertiary/aromatic N) is 3. The third-order valence-electron chi connectivity index (χ3n) is 12.2. The van der Waals surface area contributed by atoms with Crippen LogP contribution in [0.3, 0.4) is 0 Å². The second kappa shape index (κ2) is 12.3. The summed E-state index contributed by atoms with van der Waals surface area (Å²) >= 11 is 1.80. The molecule has 57 heavy (non-hydrogen) atoms. The maximum atomic E-state index is 11.0. The van der Waals surface area contributed by atoms with Gasteiger partial charge in [-0.3, -0.25) is 0 Å². The predicted molar refractivity (Wildman–Crippen MR) is 248 cm³/mol. The molecule has 0 saturated heterocycles. The zero-order valence-electron chi connectivity index (χ0n) is 35.6. The Kier molecular flexibility index (Phi) is 8.04. The topological polar surface area (TPSA) is 33.6 Å². The van der Waals surface area contributed by atoms with Crippen LogP contribution in [-0.4, -0.2) is 9.13 Å². The number of fused-ring (bicyclic) bond motifs is 9. The van der Waals surface area contributed by atoms with Crippen molar-refractivity contribution in [1.29, 1.82) is 5.26 Å². The monoisotopic (exact) mass is 763 g/mol. The lowest BCUT2D eigenvalue weighted by Crippen LogP contribution is -2.11. The van der Waals surface area contributed by atoms with E-state index in [4.69, 9.17) is 0 Å². The molecule has 0 N–H and O–H groups in total. The summed E-state index contributed by atoms with van der Waals surface area (Å²) < 4.78 is 7.27. The van der Waals surface area contributed by atoms with Crippen molar-refractivity contribution in [3.63, 3.8) is 0 Å². The number of nitriles is 1. The first-order chi connectivity index (χ1) is 26.8. The average Bonchev–Trinajstić information content (AvgIpc) is 3.80. The fourth-order valence-electron chi connectivity index (χ4n) is 8.76. The van der Waals surface area contributed by atoms with Crippen LogP contribution >= 0.6 is 11.3 Å². The highest BCUT2D eigenvalue weighted by Crippen LogP contribution is 2.48. The molecule has 4 heteroatoms. The van der Waals surface area contributed by atoms with Crippen LogP contribution in [0.2, 0.25) is 0 Å². The fourth-order valence-corrected chi connectivity index (χ4v) is 10.0. The Morgan fingerprint density at radius 2 is 0.842 bits per heavy atom. The molecule has 0 radical (unpaired) electrons. The van der Waals surface area contributed by atoms with Crippen molar-refractivity contribution in [2.75, 3.05) is 0 Å². The van der Waals surface area contributed by atoms with Crippen molar-refractivity contribution in [1.82, 2.24) is 9.13 Å². The van der Waals surface area contributed by atoms with Gasteiger partial charge in [-0.25, -0.2) is 0 Å². The highest BCUT2D eigenvalue weighted by Gasteiger charge is 2.28. The first-order valence-electron chi connectivity index (χ1n) is 20.3. The number of thiophene rings is 1. The molecule has 0 aliphatic heterocycles. The molecule has 6 aromatic carbocycles. The Morgan fingerprint density at radius 3 is 1.23 bits per heavy atom. The van der Waals surface area contributed by atoms with Crippen molar-refractivity contribution >= 4 is 75.1 Å². The van der Waals surface area contributed by atoms with E-state index in [1.807, 2.05) is 0 Å². The lowest BCUT2D eigenvalue weighted by molar-refractivity contribution is 0.590. The van der Waals surface area contributed by atoms with E-state index in [-0.39, 0.29) is 21.7 Å². The lowest BCUT2D eigenvalue weighted by atomic mass is 9.85. The van der Waals surface area contributed by atoms with Crippen LogP contribution in [-0.2, 0) is 21.7 Å². The molecule has 0 amide bonds. The highest BCUT2D eigenvalue weighted by molar-refractivity contribution is 7.26. The summed E-state index contributed by atoms with van der Waals surface area (Å²) in [5, 5.41) is 18.1. The maximum Gasteiger partial charge on any atom is 0.0999 e. The van der Waals surface area contributed by atoms with E-state index >= 15 is 0 Å². The summed E-state index contributed by atoms with van der Waals surface area (Å²) in [6, 6.07) is 41.6. The number of aromatic nitrogens is 2. The van der Waals surface area contributed by atoms with Gasteiger partial charge >= 0.3 is 0 Å². The molecule has 0 spiro atoms. The molecule has 9 rings (SSSR count). The van der Waals surface area contributed by atoms with Crippen molar-refractivity contribution in [2.24, 2.45) is 0 Å². The van der Waals surface area contributed by atoms with E-state index in [9.17, 15) is 5.26 Å². The van der Waals surface area contributed by atoms with Gasteiger partial charge in [-0.05, 0) is 105 Å². The Bertz CT molecular complexity index is 3020. The summed E-state index contributed by atoms with van der Waals surface area (Å²) in [4.78, 5) is 0. The van der Waals surface area contributed by atoms with Gasteiger partial charge in [0, 0.05) is 37.0 Å². The largest absolute Gasteiger partial charge is 0.307 e. The summed E-state index contributed by atoms with van der Waals surface area (Å²) in [7, 11) is 0. The molecule has 3 aromatic heterocycles. The fraction of sp³-hybridized carbons (Fsp3) is 0.302. The molecule has 3 heterocycles. The van der Waals surface area contributed by atoms with Gasteiger partial charge in [-0.1, -0.05) is 126 Å². The molecule has 0 aliphatic rings. The van der Waals surface area contributed by atoms with Gasteiger partial charge in [0.2, 0.25) is 0 Å². The summed E-state index contributed by atoms with van der Waals surface area (Å²) in [5.74, 6) is 0. The smallest absolute Gasteiger partial charge is 0.0999 e. The van der Waals surface area contributed by atoms with Gasteiger partial charge in [0.1, 0.15) is 0 Å². The van der Waals surface area contributed by atoms with Crippen LogP contribution < -0.4 is 0 Å². The third kappa shape index (κ3) is 5.80. The Morgan fingerprint density at radius 1 is 0.456 bits per heavy atom. The molecule has 0 saturated carbocycles. The van der Waals surface area contributed by atoms with Gasteiger partial charge in [0.25, 0.3) is 0 Å². The van der Waals surface area contributed by atoms with E-state index in [0.717, 1.165) is 37.9 Å². The lowest BCUT2D eigenvalue weighted by Gasteiger charge is -2.21. The number of hydrogen-bond acceptors (Lipinski definition) is 2. The second-order valence-corrected chi connectivity index (χ2v) is 21.4. The zero-order chi connectivity index (χ0) is 40.6. The van der Waals surface area contributed by atoms with Gasteiger partial charge in [0.15, 0.2) is 0 Å². The van der Waals surface area contributed by atoms with E-state index < -0.39 is 0 Å². The Balaban J connectivity index is 1.52. The number of rotatable bonds is 2. The third-order valence-corrected chi connectivity index (χ3v) is 13.4. The molecule has 0 aliphatic carbocycles. The highest BCUT2D eigenvalue weighted by atomic mass is 32.1. The SMILES string of the molecule is CC(C)(C)c1ccc2c(c1)c1cc(C(C)(C)C)ccc1n2-c1cc(C#N)c2c(sc3ccccc32)c1-n1c2ccc(C(C)(C)C)cc2c2cc(C(C)(C)C)ccc21. The van der Waals surface area contributed by atoms with E-state index in [2.05, 4.69) is 201 Å². The number of hydrogen-bond donors (Lipinski definition) is 0. The molecule has 286 valence electrons. The van der Waals surface area contributed by atoms with Crippen molar-refractivity contribution in [2.45, 2.75) is 105 Å². The maximum absolute atomic E-state index is 11.0. The molecule has 9 aromatic rings. The van der Waals surface area contributed by atoms with Crippen molar-refractivity contribution < 1.29 is 0 Å². The van der Waals surface area contributed by atoms with E-state index in [1.165, 1.54) is 59.5 Å². The van der Waals surface area contributed by atoms with Crippen LogP contribution in [0, 0.1) is 11.3 Å². The van der Waals surface area contributed by atoms with Crippen LogP contribution in [0.15, 0.2) is 103 Å². The standard InChI is InChI=1S/C53H53N3S/c1-50(2,3)32-17-21-41-37(26-32)38-27-33(51(4,5)6)18-22-42(38)55(41)45-25-31(30-54)47-36-15-13-14-16-46(36)57-49(47)48(45)56-43-23-19-34(52(7,8)9)28-39(43)40-29-35(53(10,11)12)20-24-44(40)56/h13-29H,1-12H3. The molecule has 0 fully saturated rings. The van der Waals surface area contributed by atoms with Crippen molar-refractivity contribution in [3.05, 3.63) is 131 Å². The minimum Gasteiger partial charge on any atom is -0.307 e. The Hall–Kier alpha value is -5.37. The normalized spacial score (nSPS) is 13.2. The van der Waals surface area contributed by atoms with Crippen LogP contribution in [0.4, 0.5) is 0 Å². The second-order valence-electron chi connectivity index (χ2n) is 20.3.